The Morgan fingerprint density at radius 3 is 2.59 bits per heavy atom. The quantitative estimate of drug-likeness (QED) is 0.477. The van der Waals surface area contributed by atoms with Gasteiger partial charge in [-0.1, -0.05) is 24.3 Å². The van der Waals surface area contributed by atoms with Crippen LogP contribution < -0.4 is 9.47 Å². The van der Waals surface area contributed by atoms with Crippen molar-refractivity contribution in [3.63, 3.8) is 0 Å². The van der Waals surface area contributed by atoms with Gasteiger partial charge in [0.1, 0.15) is 17.2 Å². The maximum Gasteiger partial charge on any atom is 0.165 e. The van der Waals surface area contributed by atoms with Crippen molar-refractivity contribution in [1.82, 2.24) is 10.2 Å². The van der Waals surface area contributed by atoms with E-state index >= 15 is 0 Å². The van der Waals surface area contributed by atoms with Crippen molar-refractivity contribution in [2.45, 2.75) is 20.0 Å². The number of aromatic amines is 1. The van der Waals surface area contributed by atoms with Gasteiger partial charge in [0.05, 0.1) is 11.6 Å². The van der Waals surface area contributed by atoms with E-state index in [2.05, 4.69) is 10.2 Å². The van der Waals surface area contributed by atoms with Crippen LogP contribution in [-0.2, 0) is 0 Å². The number of hydrogen-bond donors (Lipinski definition) is 1. The number of nitrogens with one attached hydrogen (secondary N) is 1. The Hall–Kier alpha value is -3.34. The molecule has 0 atom stereocenters. The number of ether oxygens (including phenoxy) is 2. The molecule has 0 bridgehead atoms. The summed E-state index contributed by atoms with van der Waals surface area (Å²) in [7, 11) is 0. The summed E-state index contributed by atoms with van der Waals surface area (Å²) in [5, 5.41) is 8.42. The predicted molar refractivity (Wildman–Crippen MR) is 104 cm³/mol. The zero-order chi connectivity index (χ0) is 18.8. The molecule has 136 valence electrons. The Morgan fingerprint density at radius 2 is 1.78 bits per heavy atom. The minimum Gasteiger partial charge on any atom is -0.491 e. The minimum absolute atomic E-state index is 0.106. The molecule has 4 rings (SSSR count). The lowest BCUT2D eigenvalue weighted by Gasteiger charge is -2.10. The van der Waals surface area contributed by atoms with Crippen molar-refractivity contribution in [3.8, 4) is 28.5 Å². The molecule has 0 aliphatic carbocycles. The van der Waals surface area contributed by atoms with Gasteiger partial charge >= 0.3 is 0 Å². The summed E-state index contributed by atoms with van der Waals surface area (Å²) >= 11 is 0. The zero-order valence-corrected chi connectivity index (χ0v) is 15.1. The molecule has 5 heteroatoms. The Balaban J connectivity index is 1.66. The third-order valence-electron chi connectivity index (χ3n) is 4.08. The van der Waals surface area contributed by atoms with Crippen LogP contribution in [0.1, 0.15) is 13.8 Å². The van der Waals surface area contributed by atoms with Gasteiger partial charge < -0.3 is 9.47 Å². The first kappa shape index (κ1) is 17.1. The maximum absolute atomic E-state index is 13.8. The largest absolute Gasteiger partial charge is 0.491 e. The van der Waals surface area contributed by atoms with Crippen molar-refractivity contribution < 1.29 is 13.9 Å². The molecule has 0 fully saturated rings. The molecule has 0 saturated heterocycles. The second-order valence-corrected chi connectivity index (χ2v) is 6.51. The number of fused-ring (bicyclic) bond motifs is 1. The van der Waals surface area contributed by atoms with E-state index in [0.29, 0.717) is 5.75 Å². The average Bonchev–Trinajstić information content (AvgIpc) is 3.06. The van der Waals surface area contributed by atoms with Crippen LogP contribution in [0.3, 0.4) is 0 Å². The van der Waals surface area contributed by atoms with E-state index in [1.807, 2.05) is 56.3 Å². The molecule has 3 aromatic carbocycles. The highest BCUT2D eigenvalue weighted by atomic mass is 19.1. The van der Waals surface area contributed by atoms with E-state index in [1.165, 1.54) is 6.07 Å². The highest BCUT2D eigenvalue weighted by molar-refractivity contribution is 5.93. The first-order valence-corrected chi connectivity index (χ1v) is 8.78. The summed E-state index contributed by atoms with van der Waals surface area (Å²) in [5.41, 5.74) is 2.60. The molecule has 0 saturated carbocycles. The van der Waals surface area contributed by atoms with Crippen molar-refractivity contribution in [2.75, 3.05) is 0 Å². The van der Waals surface area contributed by atoms with Crippen molar-refractivity contribution >= 4 is 10.9 Å². The van der Waals surface area contributed by atoms with Crippen LogP contribution in [0.4, 0.5) is 4.39 Å². The highest BCUT2D eigenvalue weighted by Crippen LogP contribution is 2.32. The van der Waals surface area contributed by atoms with E-state index in [-0.39, 0.29) is 11.9 Å². The summed E-state index contributed by atoms with van der Waals surface area (Å²) in [5.74, 6) is 1.14. The number of rotatable bonds is 5. The van der Waals surface area contributed by atoms with E-state index in [1.54, 1.807) is 18.2 Å². The molecule has 1 N–H and O–H groups in total. The number of halogens is 1. The maximum atomic E-state index is 13.8. The van der Waals surface area contributed by atoms with E-state index < -0.39 is 5.82 Å². The third kappa shape index (κ3) is 3.62. The van der Waals surface area contributed by atoms with E-state index in [0.717, 1.165) is 27.9 Å². The monoisotopic (exact) mass is 362 g/mol. The molecule has 4 nitrogen and oxygen atoms in total. The third-order valence-corrected chi connectivity index (χ3v) is 4.08. The molecule has 0 amide bonds. The lowest BCUT2D eigenvalue weighted by Crippen LogP contribution is -2.05. The van der Waals surface area contributed by atoms with Gasteiger partial charge in [0.25, 0.3) is 0 Å². The molecular formula is C22H19FN2O2. The molecule has 0 unspecified atom stereocenters. The number of H-pyrrole nitrogens is 1. The van der Waals surface area contributed by atoms with Gasteiger partial charge in [-0.25, -0.2) is 4.39 Å². The van der Waals surface area contributed by atoms with Crippen molar-refractivity contribution in [1.29, 1.82) is 0 Å². The minimum atomic E-state index is -0.398. The van der Waals surface area contributed by atoms with Crippen LogP contribution in [0.15, 0.2) is 66.7 Å². The first-order chi connectivity index (χ1) is 13.1. The number of para-hydroxylation sites is 1. The number of benzene rings is 3. The fraction of sp³-hybridized carbons (Fsp3) is 0.136. The lowest BCUT2D eigenvalue weighted by atomic mass is 10.1. The van der Waals surface area contributed by atoms with Crippen molar-refractivity contribution in [3.05, 3.63) is 72.5 Å². The normalized spacial score (nSPS) is 11.1. The topological polar surface area (TPSA) is 47.1 Å². The Morgan fingerprint density at radius 1 is 0.926 bits per heavy atom. The number of nitrogens with zero attached hydrogens (tertiary/aromatic N) is 1. The van der Waals surface area contributed by atoms with Crippen LogP contribution in [0.2, 0.25) is 0 Å². The second kappa shape index (κ2) is 7.11. The van der Waals surface area contributed by atoms with Crippen molar-refractivity contribution in [2.24, 2.45) is 0 Å². The highest BCUT2D eigenvalue weighted by Gasteiger charge is 2.11. The second-order valence-electron chi connectivity index (χ2n) is 6.51. The molecule has 0 aliphatic rings. The van der Waals surface area contributed by atoms with Gasteiger partial charge in [-0.05, 0) is 50.2 Å². The van der Waals surface area contributed by atoms with Crippen LogP contribution in [0.5, 0.6) is 17.2 Å². The van der Waals surface area contributed by atoms with Crippen LogP contribution in [0.25, 0.3) is 22.2 Å². The van der Waals surface area contributed by atoms with Gasteiger partial charge in [0.15, 0.2) is 11.6 Å². The molecular weight excluding hydrogens is 343 g/mol. The molecule has 0 spiro atoms. The fourth-order valence-electron chi connectivity index (χ4n) is 2.93. The van der Waals surface area contributed by atoms with Gasteiger partial charge in [-0.3, -0.25) is 5.10 Å². The lowest BCUT2D eigenvalue weighted by molar-refractivity contribution is 0.242. The number of aromatic nitrogens is 2. The SMILES string of the molecule is CC(C)Oc1cccc(-c2n[nH]c3cc(Oc4ccccc4F)ccc23)c1. The molecule has 0 aliphatic heterocycles. The Labute approximate surface area is 156 Å². The number of hydrogen-bond acceptors (Lipinski definition) is 3. The van der Waals surface area contributed by atoms with Gasteiger partial charge in [-0.15, -0.1) is 0 Å². The van der Waals surface area contributed by atoms with Gasteiger partial charge in [0.2, 0.25) is 0 Å². The summed E-state index contributed by atoms with van der Waals surface area (Å²) in [6, 6.07) is 19.7. The zero-order valence-electron chi connectivity index (χ0n) is 15.1. The van der Waals surface area contributed by atoms with Gasteiger partial charge in [0, 0.05) is 17.0 Å². The summed E-state index contributed by atoms with van der Waals surface area (Å²) in [4.78, 5) is 0. The molecule has 4 aromatic rings. The molecule has 27 heavy (non-hydrogen) atoms. The smallest absolute Gasteiger partial charge is 0.165 e. The summed E-state index contributed by atoms with van der Waals surface area (Å²) in [6.45, 7) is 3.99. The van der Waals surface area contributed by atoms with E-state index in [9.17, 15) is 4.39 Å². The molecule has 0 radical (unpaired) electrons. The van der Waals surface area contributed by atoms with E-state index in [4.69, 9.17) is 9.47 Å². The molecule has 1 aromatic heterocycles. The van der Waals surface area contributed by atoms with Crippen LogP contribution in [0, 0.1) is 5.82 Å². The predicted octanol–water partition coefficient (Wildman–Crippen LogP) is 5.95. The van der Waals surface area contributed by atoms with Crippen LogP contribution in [-0.4, -0.2) is 16.3 Å². The fourth-order valence-corrected chi connectivity index (χ4v) is 2.93. The Bertz CT molecular complexity index is 1090. The Kier molecular flexibility index (Phi) is 4.50. The standard InChI is InChI=1S/C22H19FN2O2/c1-14(2)26-16-7-5-6-15(12-16)22-18-11-10-17(13-20(18)24-25-22)27-21-9-4-3-8-19(21)23/h3-14H,1-2H3,(H,24,25). The van der Waals surface area contributed by atoms with Crippen LogP contribution >= 0.6 is 0 Å². The molecule has 1 heterocycles. The average molecular weight is 362 g/mol. The first-order valence-electron chi connectivity index (χ1n) is 8.78. The summed E-state index contributed by atoms with van der Waals surface area (Å²) < 4.78 is 25.2. The summed E-state index contributed by atoms with van der Waals surface area (Å²) in [6.07, 6.45) is 0.106. The van der Waals surface area contributed by atoms with Gasteiger partial charge in [-0.2, -0.15) is 5.10 Å².